The molecule has 0 aromatic heterocycles. The van der Waals surface area contributed by atoms with Crippen LogP contribution in [-0.4, -0.2) is 31.1 Å². The van der Waals surface area contributed by atoms with Gasteiger partial charge in [0.25, 0.3) is 0 Å². The van der Waals surface area contributed by atoms with Gasteiger partial charge in [0.2, 0.25) is 11.8 Å². The zero-order valence-corrected chi connectivity index (χ0v) is 15.9. The Hall–Kier alpha value is -1.88. The van der Waals surface area contributed by atoms with E-state index in [1.54, 1.807) is 13.8 Å². The average molecular weight is 346 g/mol. The number of ether oxygens (including phenoxy) is 1. The molecule has 1 heterocycles. The van der Waals surface area contributed by atoms with E-state index in [1.165, 1.54) is 5.56 Å². The first-order chi connectivity index (χ1) is 11.6. The second-order valence-corrected chi connectivity index (χ2v) is 8.25. The van der Waals surface area contributed by atoms with Crippen molar-refractivity contribution in [1.82, 2.24) is 5.32 Å². The Morgan fingerprint density at radius 1 is 1.08 bits per heavy atom. The van der Waals surface area contributed by atoms with Crippen LogP contribution in [0.3, 0.4) is 0 Å². The fraction of sp³-hybridized carbons (Fsp3) is 0.600. The number of hydrogen-bond acceptors (Lipinski definition) is 3. The van der Waals surface area contributed by atoms with Crippen LogP contribution < -0.4 is 10.6 Å². The Kier molecular flexibility index (Phi) is 5.88. The third-order valence-electron chi connectivity index (χ3n) is 4.66. The van der Waals surface area contributed by atoms with E-state index >= 15 is 0 Å². The number of amides is 2. The Bertz CT molecular complexity index is 609. The van der Waals surface area contributed by atoms with Gasteiger partial charge in [0.1, 0.15) is 5.41 Å². The highest BCUT2D eigenvalue weighted by Crippen LogP contribution is 2.25. The summed E-state index contributed by atoms with van der Waals surface area (Å²) in [6.07, 6.45) is 2.04. The number of rotatable bonds is 5. The Labute approximate surface area is 150 Å². The first-order valence-corrected chi connectivity index (χ1v) is 8.92. The molecule has 0 bridgehead atoms. The number of hydrogen-bond donors (Lipinski definition) is 2. The molecule has 5 heteroatoms. The fourth-order valence-electron chi connectivity index (χ4n) is 2.68. The summed E-state index contributed by atoms with van der Waals surface area (Å²) in [5, 5.41) is 5.67. The van der Waals surface area contributed by atoms with Gasteiger partial charge >= 0.3 is 0 Å². The quantitative estimate of drug-likeness (QED) is 0.804. The van der Waals surface area contributed by atoms with E-state index < -0.39 is 5.41 Å². The molecule has 2 amide bonds. The maximum atomic E-state index is 12.6. The molecule has 2 N–H and O–H groups in total. The van der Waals surface area contributed by atoms with Gasteiger partial charge in [0, 0.05) is 18.8 Å². The Morgan fingerprint density at radius 2 is 1.72 bits per heavy atom. The molecule has 1 fully saturated rings. The Morgan fingerprint density at radius 3 is 2.24 bits per heavy atom. The summed E-state index contributed by atoms with van der Waals surface area (Å²) in [6.45, 7) is 10.9. The van der Waals surface area contributed by atoms with E-state index in [2.05, 4.69) is 31.4 Å². The van der Waals surface area contributed by atoms with Crippen molar-refractivity contribution in [2.45, 2.75) is 59.0 Å². The molecule has 0 saturated carbocycles. The largest absolute Gasteiger partial charge is 0.376 e. The summed E-state index contributed by atoms with van der Waals surface area (Å²) < 4.78 is 5.50. The van der Waals surface area contributed by atoms with Crippen molar-refractivity contribution < 1.29 is 14.3 Å². The molecule has 1 unspecified atom stereocenters. The van der Waals surface area contributed by atoms with Crippen LogP contribution in [0.1, 0.15) is 53.0 Å². The molecule has 1 aliphatic heterocycles. The van der Waals surface area contributed by atoms with Crippen LogP contribution in [0.2, 0.25) is 0 Å². The highest BCUT2D eigenvalue weighted by atomic mass is 16.5. The van der Waals surface area contributed by atoms with Crippen molar-refractivity contribution >= 4 is 17.5 Å². The number of anilines is 1. The second-order valence-electron chi connectivity index (χ2n) is 8.25. The predicted molar refractivity (Wildman–Crippen MR) is 99.5 cm³/mol. The Balaban J connectivity index is 1.94. The van der Waals surface area contributed by atoms with Gasteiger partial charge in [-0.3, -0.25) is 9.59 Å². The molecular weight excluding hydrogens is 316 g/mol. The van der Waals surface area contributed by atoms with Gasteiger partial charge in [-0.2, -0.15) is 0 Å². The molecule has 25 heavy (non-hydrogen) atoms. The van der Waals surface area contributed by atoms with Crippen LogP contribution in [0, 0.1) is 5.41 Å². The number of nitrogens with one attached hydrogen (secondary N) is 2. The highest BCUT2D eigenvalue weighted by molar-refractivity contribution is 6.09. The molecule has 1 saturated heterocycles. The minimum Gasteiger partial charge on any atom is -0.376 e. The molecule has 0 radical (unpaired) electrons. The first-order valence-electron chi connectivity index (χ1n) is 8.92. The van der Waals surface area contributed by atoms with Crippen LogP contribution in [0.4, 0.5) is 5.69 Å². The van der Waals surface area contributed by atoms with Gasteiger partial charge in [0.15, 0.2) is 0 Å². The molecule has 2 rings (SSSR count). The molecule has 1 atom stereocenters. The van der Waals surface area contributed by atoms with Crippen LogP contribution in [0.5, 0.6) is 0 Å². The number of carbonyl (C=O) groups is 2. The maximum absolute atomic E-state index is 12.6. The molecule has 138 valence electrons. The summed E-state index contributed by atoms with van der Waals surface area (Å²) in [4.78, 5) is 25.0. The van der Waals surface area contributed by atoms with Crippen molar-refractivity contribution in [2.24, 2.45) is 5.41 Å². The van der Waals surface area contributed by atoms with Gasteiger partial charge in [-0.15, -0.1) is 0 Å². The fourth-order valence-corrected chi connectivity index (χ4v) is 2.68. The SMILES string of the molecule is CC(C)(C(=O)NCC1CCCO1)C(=O)Nc1ccc(C(C)(C)C)cc1. The monoisotopic (exact) mass is 346 g/mol. The summed E-state index contributed by atoms with van der Waals surface area (Å²) in [5.41, 5.74) is 0.794. The molecular formula is C20H30N2O3. The van der Waals surface area contributed by atoms with Crippen molar-refractivity contribution in [3.63, 3.8) is 0 Å². The lowest BCUT2D eigenvalue weighted by molar-refractivity contribution is -0.138. The van der Waals surface area contributed by atoms with Crippen LogP contribution in [0.15, 0.2) is 24.3 Å². The lowest BCUT2D eigenvalue weighted by Crippen LogP contribution is -2.47. The molecule has 1 aromatic carbocycles. The summed E-state index contributed by atoms with van der Waals surface area (Å²) in [5.74, 6) is -0.604. The van der Waals surface area contributed by atoms with Crippen LogP contribution in [0.25, 0.3) is 0 Å². The van der Waals surface area contributed by atoms with Crippen molar-refractivity contribution in [3.05, 3.63) is 29.8 Å². The van der Waals surface area contributed by atoms with E-state index in [9.17, 15) is 9.59 Å². The van der Waals surface area contributed by atoms with E-state index in [4.69, 9.17) is 4.74 Å². The number of benzene rings is 1. The molecule has 0 aliphatic carbocycles. The lowest BCUT2D eigenvalue weighted by Gasteiger charge is -2.24. The van der Waals surface area contributed by atoms with E-state index in [1.807, 2.05) is 24.3 Å². The topological polar surface area (TPSA) is 67.4 Å². The smallest absolute Gasteiger partial charge is 0.239 e. The standard InChI is InChI=1S/C20H30N2O3/c1-19(2,3)14-8-10-15(11-9-14)22-18(24)20(4,5)17(23)21-13-16-7-6-12-25-16/h8-11,16H,6-7,12-13H2,1-5H3,(H,21,23)(H,22,24). The van der Waals surface area contributed by atoms with Crippen LogP contribution in [-0.2, 0) is 19.7 Å². The predicted octanol–water partition coefficient (Wildman–Crippen LogP) is 3.24. The second kappa shape index (κ2) is 7.56. The number of carbonyl (C=O) groups excluding carboxylic acids is 2. The van der Waals surface area contributed by atoms with Crippen LogP contribution >= 0.6 is 0 Å². The van der Waals surface area contributed by atoms with Crippen molar-refractivity contribution in [2.75, 3.05) is 18.5 Å². The molecule has 1 aromatic rings. The molecule has 5 nitrogen and oxygen atoms in total. The summed E-state index contributed by atoms with van der Waals surface area (Å²) in [6, 6.07) is 7.75. The highest BCUT2D eigenvalue weighted by Gasteiger charge is 2.36. The van der Waals surface area contributed by atoms with E-state index in [-0.39, 0.29) is 23.3 Å². The molecule has 1 aliphatic rings. The van der Waals surface area contributed by atoms with E-state index in [0.29, 0.717) is 12.2 Å². The third-order valence-corrected chi connectivity index (χ3v) is 4.66. The average Bonchev–Trinajstić information content (AvgIpc) is 3.05. The zero-order chi connectivity index (χ0) is 18.7. The molecule has 0 spiro atoms. The first kappa shape index (κ1) is 19.4. The normalized spacial score (nSPS) is 18.0. The summed E-state index contributed by atoms with van der Waals surface area (Å²) >= 11 is 0. The van der Waals surface area contributed by atoms with E-state index in [0.717, 1.165) is 19.4 Å². The van der Waals surface area contributed by atoms with Gasteiger partial charge in [-0.1, -0.05) is 32.9 Å². The minimum absolute atomic E-state index is 0.0595. The van der Waals surface area contributed by atoms with Crippen molar-refractivity contribution in [1.29, 1.82) is 0 Å². The van der Waals surface area contributed by atoms with Crippen molar-refractivity contribution in [3.8, 4) is 0 Å². The lowest BCUT2D eigenvalue weighted by atomic mass is 9.87. The maximum Gasteiger partial charge on any atom is 0.239 e. The van der Waals surface area contributed by atoms with Gasteiger partial charge in [-0.25, -0.2) is 0 Å². The van der Waals surface area contributed by atoms with Gasteiger partial charge < -0.3 is 15.4 Å². The van der Waals surface area contributed by atoms with Gasteiger partial charge in [0.05, 0.1) is 6.10 Å². The zero-order valence-electron chi connectivity index (χ0n) is 15.9. The van der Waals surface area contributed by atoms with Gasteiger partial charge in [-0.05, 0) is 49.8 Å². The minimum atomic E-state index is -1.15. The third kappa shape index (κ3) is 5.05. The summed E-state index contributed by atoms with van der Waals surface area (Å²) in [7, 11) is 0.